The summed E-state index contributed by atoms with van der Waals surface area (Å²) in [5.41, 5.74) is -0.00818. The molecule has 0 radical (unpaired) electrons. The number of anilines is 1. The van der Waals surface area contributed by atoms with E-state index in [-0.39, 0.29) is 0 Å². The first-order valence-electron chi connectivity index (χ1n) is 5.00. The lowest BCUT2D eigenvalue weighted by Crippen LogP contribution is -2.52. The lowest BCUT2D eigenvalue weighted by Gasteiger charge is -2.39. The van der Waals surface area contributed by atoms with E-state index in [0.29, 0.717) is 17.9 Å². The van der Waals surface area contributed by atoms with Crippen molar-refractivity contribution >= 4 is 39.2 Å². The lowest BCUT2D eigenvalue weighted by molar-refractivity contribution is -0.145. The van der Waals surface area contributed by atoms with E-state index in [0.717, 1.165) is 16.6 Å². The molecule has 1 aromatic carbocycles. The predicted octanol–water partition coefficient (Wildman–Crippen LogP) is 3.52. The highest BCUT2D eigenvalue weighted by molar-refractivity contribution is 9.10. The van der Waals surface area contributed by atoms with Crippen molar-refractivity contribution in [1.29, 1.82) is 0 Å². The zero-order valence-electron chi connectivity index (χ0n) is 8.46. The molecule has 0 saturated heterocycles. The Hall–Kier alpha value is -0.740. The van der Waals surface area contributed by atoms with Crippen molar-refractivity contribution < 1.29 is 9.90 Å². The van der Waals surface area contributed by atoms with Crippen LogP contribution in [0.1, 0.15) is 19.3 Å². The van der Waals surface area contributed by atoms with E-state index in [1.807, 2.05) is 0 Å². The largest absolute Gasteiger partial charge is 0.480 e. The van der Waals surface area contributed by atoms with Crippen molar-refractivity contribution in [2.75, 3.05) is 5.32 Å². The number of nitrogens with one attached hydrogen (secondary N) is 1. The van der Waals surface area contributed by atoms with E-state index >= 15 is 0 Å². The molecule has 3 nitrogen and oxygen atoms in total. The number of carbonyl (C=O) groups is 1. The Morgan fingerprint density at radius 1 is 1.50 bits per heavy atom. The van der Waals surface area contributed by atoms with Crippen molar-refractivity contribution in [3.05, 3.63) is 27.7 Å². The maximum absolute atomic E-state index is 11.2. The molecule has 0 spiro atoms. The van der Waals surface area contributed by atoms with Gasteiger partial charge in [0.2, 0.25) is 0 Å². The van der Waals surface area contributed by atoms with Crippen molar-refractivity contribution in [1.82, 2.24) is 0 Å². The maximum Gasteiger partial charge on any atom is 0.329 e. The molecule has 1 fully saturated rings. The molecule has 2 N–H and O–H groups in total. The van der Waals surface area contributed by atoms with E-state index < -0.39 is 11.5 Å². The van der Waals surface area contributed by atoms with Gasteiger partial charge in [-0.05, 0) is 53.4 Å². The first-order valence-corrected chi connectivity index (χ1v) is 6.17. The minimum atomic E-state index is -0.787. The smallest absolute Gasteiger partial charge is 0.329 e. The number of rotatable bonds is 3. The monoisotopic (exact) mass is 303 g/mol. The Kier molecular flexibility index (Phi) is 3.13. The van der Waals surface area contributed by atoms with E-state index in [1.165, 1.54) is 0 Å². The van der Waals surface area contributed by atoms with Crippen molar-refractivity contribution in [2.24, 2.45) is 0 Å². The van der Waals surface area contributed by atoms with Gasteiger partial charge in [0.15, 0.2) is 0 Å². The van der Waals surface area contributed by atoms with E-state index in [1.54, 1.807) is 18.2 Å². The maximum atomic E-state index is 11.2. The minimum absolute atomic E-state index is 0.614. The number of aliphatic carboxylic acids is 1. The number of hydrogen-bond acceptors (Lipinski definition) is 2. The Labute approximate surface area is 107 Å². The Bertz CT molecular complexity index is 432. The van der Waals surface area contributed by atoms with Crippen LogP contribution >= 0.6 is 27.5 Å². The highest BCUT2D eigenvalue weighted by Crippen LogP contribution is 2.36. The van der Waals surface area contributed by atoms with E-state index in [2.05, 4.69) is 21.2 Å². The van der Waals surface area contributed by atoms with Gasteiger partial charge >= 0.3 is 5.97 Å². The number of hydrogen-bond donors (Lipinski definition) is 2. The summed E-state index contributed by atoms with van der Waals surface area (Å²) in [6, 6.07) is 5.32. The fraction of sp³-hybridized carbons (Fsp3) is 0.364. The summed E-state index contributed by atoms with van der Waals surface area (Å²) < 4.78 is 0.763. The van der Waals surface area contributed by atoms with Crippen LogP contribution in [-0.2, 0) is 4.79 Å². The molecule has 2 rings (SSSR count). The van der Waals surface area contributed by atoms with Gasteiger partial charge in [-0.25, -0.2) is 4.79 Å². The fourth-order valence-corrected chi connectivity index (χ4v) is 2.27. The van der Waals surface area contributed by atoms with Gasteiger partial charge in [-0.2, -0.15) is 0 Å². The summed E-state index contributed by atoms with van der Waals surface area (Å²) in [6.45, 7) is 0. The first-order chi connectivity index (χ1) is 7.53. The first kappa shape index (κ1) is 11.7. The van der Waals surface area contributed by atoms with Crippen LogP contribution in [0, 0.1) is 0 Å². The Morgan fingerprint density at radius 3 is 2.62 bits per heavy atom. The van der Waals surface area contributed by atoms with Gasteiger partial charge in [-0.1, -0.05) is 11.6 Å². The molecular formula is C11H11BrClNO2. The van der Waals surface area contributed by atoms with Crippen LogP contribution in [0.5, 0.6) is 0 Å². The van der Waals surface area contributed by atoms with Gasteiger partial charge in [-0.3, -0.25) is 0 Å². The molecule has 1 aliphatic carbocycles. The predicted molar refractivity (Wildman–Crippen MR) is 67.0 cm³/mol. The molecule has 86 valence electrons. The minimum Gasteiger partial charge on any atom is -0.480 e. The number of carboxylic acid groups (broad SMARTS) is 1. The molecule has 5 heteroatoms. The fourth-order valence-electron chi connectivity index (χ4n) is 1.77. The average molecular weight is 305 g/mol. The average Bonchev–Trinajstić information content (AvgIpc) is 2.16. The summed E-state index contributed by atoms with van der Waals surface area (Å²) in [7, 11) is 0. The summed E-state index contributed by atoms with van der Waals surface area (Å²) >= 11 is 9.18. The highest BCUT2D eigenvalue weighted by atomic mass is 79.9. The van der Waals surface area contributed by atoms with Crippen molar-refractivity contribution in [2.45, 2.75) is 24.8 Å². The molecular weight excluding hydrogens is 293 g/mol. The van der Waals surface area contributed by atoms with E-state index in [9.17, 15) is 4.79 Å². The van der Waals surface area contributed by atoms with Crippen LogP contribution in [-0.4, -0.2) is 16.6 Å². The lowest BCUT2D eigenvalue weighted by atomic mass is 9.76. The SMILES string of the molecule is O=C(O)C1(Nc2ccc(Cl)c(Br)c2)CCC1. The number of halogens is 2. The number of benzene rings is 1. The quantitative estimate of drug-likeness (QED) is 0.898. The second-order valence-corrected chi connectivity index (χ2v) is 5.26. The second-order valence-electron chi connectivity index (χ2n) is 3.99. The topological polar surface area (TPSA) is 49.3 Å². The number of carboxylic acids is 1. The van der Waals surface area contributed by atoms with Crippen LogP contribution in [0.25, 0.3) is 0 Å². The zero-order valence-corrected chi connectivity index (χ0v) is 10.8. The Balaban J connectivity index is 2.20. The van der Waals surface area contributed by atoms with Crippen molar-refractivity contribution in [3.63, 3.8) is 0 Å². The molecule has 16 heavy (non-hydrogen) atoms. The zero-order chi connectivity index (χ0) is 11.8. The second kappa shape index (κ2) is 4.26. The molecule has 0 aromatic heterocycles. The summed E-state index contributed by atoms with van der Waals surface area (Å²) in [5, 5.41) is 12.9. The van der Waals surface area contributed by atoms with Gasteiger partial charge in [0.1, 0.15) is 5.54 Å². The van der Waals surface area contributed by atoms with Gasteiger partial charge in [0.05, 0.1) is 5.02 Å². The van der Waals surface area contributed by atoms with Gasteiger partial charge in [0, 0.05) is 10.2 Å². The summed E-state index contributed by atoms with van der Waals surface area (Å²) in [4.78, 5) is 11.2. The molecule has 0 atom stereocenters. The van der Waals surface area contributed by atoms with Crippen LogP contribution in [0.3, 0.4) is 0 Å². The molecule has 0 aliphatic heterocycles. The Morgan fingerprint density at radius 2 is 2.19 bits per heavy atom. The molecule has 0 amide bonds. The standard InChI is InChI=1S/C11H11BrClNO2/c12-8-6-7(2-3-9(8)13)14-11(10(15)16)4-1-5-11/h2-3,6,14H,1,4-5H2,(H,15,16). The normalized spacial score (nSPS) is 17.6. The van der Waals surface area contributed by atoms with Gasteiger partial charge in [0.25, 0.3) is 0 Å². The third-order valence-corrected chi connectivity index (χ3v) is 4.13. The van der Waals surface area contributed by atoms with Crippen LogP contribution in [0.4, 0.5) is 5.69 Å². The molecule has 1 aliphatic rings. The van der Waals surface area contributed by atoms with Crippen LogP contribution in [0.15, 0.2) is 22.7 Å². The molecule has 0 heterocycles. The van der Waals surface area contributed by atoms with Crippen LogP contribution in [0.2, 0.25) is 5.02 Å². The van der Waals surface area contributed by atoms with E-state index in [4.69, 9.17) is 16.7 Å². The van der Waals surface area contributed by atoms with Gasteiger partial charge in [-0.15, -0.1) is 0 Å². The highest BCUT2D eigenvalue weighted by Gasteiger charge is 2.44. The van der Waals surface area contributed by atoms with Gasteiger partial charge < -0.3 is 10.4 Å². The molecule has 1 saturated carbocycles. The third-order valence-electron chi connectivity index (χ3n) is 2.92. The molecule has 0 bridgehead atoms. The van der Waals surface area contributed by atoms with Crippen LogP contribution < -0.4 is 5.32 Å². The van der Waals surface area contributed by atoms with Crippen molar-refractivity contribution in [3.8, 4) is 0 Å². The summed E-state index contributed by atoms with van der Waals surface area (Å²) in [5.74, 6) is -0.787. The molecule has 1 aromatic rings. The third kappa shape index (κ3) is 2.04. The molecule has 0 unspecified atom stereocenters. The summed E-state index contributed by atoms with van der Waals surface area (Å²) in [6.07, 6.45) is 2.29.